The zero-order chi connectivity index (χ0) is 16.9. The van der Waals surface area contributed by atoms with E-state index in [9.17, 15) is 14.4 Å². The van der Waals surface area contributed by atoms with Gasteiger partial charge >= 0.3 is 5.97 Å². The van der Waals surface area contributed by atoms with Crippen molar-refractivity contribution in [1.82, 2.24) is 4.90 Å². The Balaban J connectivity index is 1.55. The van der Waals surface area contributed by atoms with Crippen molar-refractivity contribution in [1.29, 1.82) is 0 Å². The highest BCUT2D eigenvalue weighted by molar-refractivity contribution is 5.92. The first-order chi connectivity index (χ1) is 11.7. The lowest BCUT2D eigenvalue weighted by molar-refractivity contribution is -0.135. The number of carbonyl (C=O) groups excluding carboxylic acids is 3. The standard InChI is InChI=1S/C19H17NO4/c21-12-14-5-7-16(8-6-14)19(23)24-13-18(22)20-10-9-15-3-1-2-4-17(15)11-20/h1-8,12H,9-11,13H2. The fraction of sp³-hybridized carbons (Fsp3) is 0.211. The minimum absolute atomic E-state index is 0.206. The summed E-state index contributed by atoms with van der Waals surface area (Å²) in [6.07, 6.45) is 1.51. The van der Waals surface area contributed by atoms with Crippen LogP contribution in [0.5, 0.6) is 0 Å². The van der Waals surface area contributed by atoms with E-state index in [0.29, 0.717) is 30.5 Å². The Morgan fingerprint density at radius 2 is 1.75 bits per heavy atom. The van der Waals surface area contributed by atoms with Crippen molar-refractivity contribution < 1.29 is 19.1 Å². The molecular weight excluding hydrogens is 306 g/mol. The number of fused-ring (bicyclic) bond motifs is 1. The largest absolute Gasteiger partial charge is 0.452 e. The molecule has 24 heavy (non-hydrogen) atoms. The van der Waals surface area contributed by atoms with E-state index in [2.05, 4.69) is 6.07 Å². The van der Waals surface area contributed by atoms with Crippen LogP contribution in [0.2, 0.25) is 0 Å². The van der Waals surface area contributed by atoms with Gasteiger partial charge in [0.25, 0.3) is 5.91 Å². The fourth-order valence-corrected chi connectivity index (χ4v) is 2.71. The number of nitrogens with zero attached hydrogens (tertiary/aromatic N) is 1. The van der Waals surface area contributed by atoms with E-state index in [0.717, 1.165) is 12.0 Å². The molecule has 0 saturated carbocycles. The summed E-state index contributed by atoms with van der Waals surface area (Å²) in [5.41, 5.74) is 3.19. The van der Waals surface area contributed by atoms with E-state index in [1.54, 1.807) is 4.90 Å². The number of rotatable bonds is 4. The highest BCUT2D eigenvalue weighted by Gasteiger charge is 2.21. The monoisotopic (exact) mass is 323 g/mol. The molecule has 0 aromatic heterocycles. The van der Waals surface area contributed by atoms with Crippen molar-refractivity contribution in [2.24, 2.45) is 0 Å². The number of benzene rings is 2. The quantitative estimate of drug-likeness (QED) is 0.639. The van der Waals surface area contributed by atoms with Crippen LogP contribution in [0.15, 0.2) is 48.5 Å². The molecule has 0 fully saturated rings. The molecule has 2 aromatic carbocycles. The van der Waals surface area contributed by atoms with Gasteiger partial charge in [0, 0.05) is 18.7 Å². The molecule has 2 aromatic rings. The third-order valence-corrected chi connectivity index (χ3v) is 4.09. The average Bonchev–Trinajstić information content (AvgIpc) is 2.65. The minimum atomic E-state index is -0.571. The Labute approximate surface area is 139 Å². The van der Waals surface area contributed by atoms with E-state index < -0.39 is 5.97 Å². The molecule has 1 heterocycles. The third kappa shape index (κ3) is 3.51. The van der Waals surface area contributed by atoms with Gasteiger partial charge in [-0.2, -0.15) is 0 Å². The van der Waals surface area contributed by atoms with E-state index in [4.69, 9.17) is 4.74 Å². The molecule has 0 saturated heterocycles. The van der Waals surface area contributed by atoms with Gasteiger partial charge < -0.3 is 9.64 Å². The van der Waals surface area contributed by atoms with Crippen LogP contribution in [-0.2, 0) is 22.5 Å². The molecule has 0 atom stereocenters. The maximum Gasteiger partial charge on any atom is 0.338 e. The number of aldehydes is 1. The molecule has 1 aliphatic heterocycles. The Kier molecular flexibility index (Phi) is 4.70. The second kappa shape index (κ2) is 7.08. The number of hydrogen-bond donors (Lipinski definition) is 0. The van der Waals surface area contributed by atoms with Crippen LogP contribution in [0.25, 0.3) is 0 Å². The van der Waals surface area contributed by atoms with Crippen molar-refractivity contribution in [3.63, 3.8) is 0 Å². The van der Waals surface area contributed by atoms with Crippen LogP contribution in [0.3, 0.4) is 0 Å². The van der Waals surface area contributed by atoms with Crippen LogP contribution in [0.1, 0.15) is 31.8 Å². The van der Waals surface area contributed by atoms with Crippen molar-refractivity contribution in [2.75, 3.05) is 13.2 Å². The van der Waals surface area contributed by atoms with Gasteiger partial charge in [0.15, 0.2) is 6.61 Å². The molecule has 0 unspecified atom stereocenters. The molecule has 0 aliphatic carbocycles. The number of amides is 1. The summed E-state index contributed by atoms with van der Waals surface area (Å²) in [6, 6.07) is 14.1. The smallest absolute Gasteiger partial charge is 0.338 e. The molecule has 122 valence electrons. The lowest BCUT2D eigenvalue weighted by Gasteiger charge is -2.28. The molecular formula is C19H17NO4. The lowest BCUT2D eigenvalue weighted by atomic mass is 10.00. The van der Waals surface area contributed by atoms with Gasteiger partial charge in [-0.05, 0) is 29.7 Å². The van der Waals surface area contributed by atoms with Crippen LogP contribution < -0.4 is 0 Å². The Morgan fingerprint density at radius 3 is 2.46 bits per heavy atom. The summed E-state index contributed by atoms with van der Waals surface area (Å²) in [4.78, 5) is 36.5. The third-order valence-electron chi connectivity index (χ3n) is 4.09. The topological polar surface area (TPSA) is 63.7 Å². The summed E-state index contributed by atoms with van der Waals surface area (Å²) in [7, 11) is 0. The maximum absolute atomic E-state index is 12.2. The van der Waals surface area contributed by atoms with Crippen molar-refractivity contribution in [2.45, 2.75) is 13.0 Å². The Bertz CT molecular complexity index is 767. The van der Waals surface area contributed by atoms with Crippen molar-refractivity contribution in [3.8, 4) is 0 Å². The van der Waals surface area contributed by atoms with E-state index in [1.807, 2.05) is 18.2 Å². The first-order valence-corrected chi connectivity index (χ1v) is 7.74. The van der Waals surface area contributed by atoms with Gasteiger partial charge in [-0.25, -0.2) is 4.79 Å². The average molecular weight is 323 g/mol. The van der Waals surface area contributed by atoms with Crippen molar-refractivity contribution >= 4 is 18.2 Å². The zero-order valence-corrected chi connectivity index (χ0v) is 13.1. The van der Waals surface area contributed by atoms with Gasteiger partial charge in [-0.15, -0.1) is 0 Å². The van der Waals surface area contributed by atoms with E-state index in [-0.39, 0.29) is 12.5 Å². The fourth-order valence-electron chi connectivity index (χ4n) is 2.71. The predicted octanol–water partition coefficient (Wildman–Crippen LogP) is 2.24. The maximum atomic E-state index is 12.2. The normalized spacial score (nSPS) is 13.1. The van der Waals surface area contributed by atoms with Crippen LogP contribution in [0.4, 0.5) is 0 Å². The predicted molar refractivity (Wildman–Crippen MR) is 87.7 cm³/mol. The van der Waals surface area contributed by atoms with E-state index >= 15 is 0 Å². The highest BCUT2D eigenvalue weighted by atomic mass is 16.5. The molecule has 3 rings (SSSR count). The van der Waals surface area contributed by atoms with Gasteiger partial charge in [-0.1, -0.05) is 36.4 Å². The second-order valence-corrected chi connectivity index (χ2v) is 5.65. The molecule has 1 aliphatic rings. The number of carbonyl (C=O) groups is 3. The van der Waals surface area contributed by atoms with E-state index in [1.165, 1.54) is 29.8 Å². The van der Waals surface area contributed by atoms with Gasteiger partial charge in [0.1, 0.15) is 6.29 Å². The van der Waals surface area contributed by atoms with Gasteiger partial charge in [-0.3, -0.25) is 9.59 Å². The van der Waals surface area contributed by atoms with Crippen LogP contribution in [0, 0.1) is 0 Å². The first-order valence-electron chi connectivity index (χ1n) is 7.74. The molecule has 0 N–H and O–H groups in total. The minimum Gasteiger partial charge on any atom is -0.452 e. The molecule has 5 nitrogen and oxygen atoms in total. The summed E-state index contributed by atoms with van der Waals surface area (Å²) in [5, 5.41) is 0. The zero-order valence-electron chi connectivity index (χ0n) is 13.1. The first kappa shape index (κ1) is 15.9. The highest BCUT2D eigenvalue weighted by Crippen LogP contribution is 2.18. The van der Waals surface area contributed by atoms with Crippen LogP contribution in [-0.4, -0.2) is 36.2 Å². The van der Waals surface area contributed by atoms with Crippen LogP contribution >= 0.6 is 0 Å². The molecule has 0 radical (unpaired) electrons. The molecule has 0 bridgehead atoms. The number of hydrogen-bond acceptors (Lipinski definition) is 4. The molecule has 1 amide bonds. The second-order valence-electron chi connectivity index (χ2n) is 5.65. The summed E-state index contributed by atoms with van der Waals surface area (Å²) in [5.74, 6) is -0.777. The SMILES string of the molecule is O=Cc1ccc(C(=O)OCC(=O)N2CCc3ccccc3C2)cc1. The van der Waals surface area contributed by atoms with Gasteiger partial charge in [0.05, 0.1) is 5.56 Å². The number of ether oxygens (including phenoxy) is 1. The summed E-state index contributed by atoms with van der Waals surface area (Å²) >= 11 is 0. The Hall–Kier alpha value is -2.95. The lowest BCUT2D eigenvalue weighted by Crippen LogP contribution is -2.38. The number of esters is 1. The molecule has 0 spiro atoms. The van der Waals surface area contributed by atoms with Crippen molar-refractivity contribution in [3.05, 3.63) is 70.8 Å². The summed E-state index contributed by atoms with van der Waals surface area (Å²) < 4.78 is 5.09. The molecule has 5 heteroatoms. The summed E-state index contributed by atoms with van der Waals surface area (Å²) in [6.45, 7) is 0.887. The van der Waals surface area contributed by atoms with Gasteiger partial charge in [0.2, 0.25) is 0 Å². The Morgan fingerprint density at radius 1 is 1.04 bits per heavy atom.